The molecule has 0 saturated carbocycles. The Hall–Kier alpha value is -1.17. The minimum atomic E-state index is -0.331. The number of hydrogen-bond donors (Lipinski definition) is 1. The summed E-state index contributed by atoms with van der Waals surface area (Å²) in [5.41, 5.74) is 1.31. The number of rotatable bonds is 4. The average Bonchev–Trinajstić information content (AvgIpc) is 2.64. The molecule has 1 atom stereocenters. The second-order valence-corrected chi connectivity index (χ2v) is 6.48. The second-order valence-electron chi connectivity index (χ2n) is 6.48. The van der Waals surface area contributed by atoms with Crippen LogP contribution in [0, 0.1) is 0 Å². The fourth-order valence-corrected chi connectivity index (χ4v) is 2.10. The molecular formula is C16H25BN2O2. The molecule has 0 spiro atoms. The molecule has 0 bridgehead atoms. The van der Waals surface area contributed by atoms with Crippen LogP contribution in [0.3, 0.4) is 0 Å². The number of hydrogen-bond acceptors (Lipinski definition) is 4. The molecular weight excluding hydrogens is 263 g/mol. The maximum Gasteiger partial charge on any atom is 0.487 e. The smallest absolute Gasteiger partial charge is 0.400 e. The van der Waals surface area contributed by atoms with Gasteiger partial charge in [0.2, 0.25) is 0 Å². The predicted octanol–water partition coefficient (Wildman–Crippen LogP) is 3.01. The Bertz CT molecular complexity index is 513. The number of nitrogens with one attached hydrogen (secondary N) is 1. The van der Waals surface area contributed by atoms with Crippen LogP contribution in [0.1, 0.15) is 52.0 Å². The van der Waals surface area contributed by atoms with Gasteiger partial charge in [-0.1, -0.05) is 12.0 Å². The first kappa shape index (κ1) is 16.2. The van der Waals surface area contributed by atoms with Crippen molar-refractivity contribution in [2.24, 2.45) is 0 Å². The molecule has 0 radical (unpaired) electrons. The normalized spacial score (nSPS) is 21.9. The Morgan fingerprint density at radius 2 is 1.81 bits per heavy atom. The molecule has 4 nitrogen and oxygen atoms in total. The largest absolute Gasteiger partial charge is 0.487 e. The molecule has 1 aromatic rings. The van der Waals surface area contributed by atoms with Gasteiger partial charge >= 0.3 is 7.12 Å². The highest BCUT2D eigenvalue weighted by molar-refractivity contribution is 6.52. The van der Waals surface area contributed by atoms with E-state index in [1.807, 2.05) is 65.0 Å². The van der Waals surface area contributed by atoms with Gasteiger partial charge in [-0.25, -0.2) is 0 Å². The van der Waals surface area contributed by atoms with Crippen molar-refractivity contribution >= 4 is 13.2 Å². The zero-order chi connectivity index (χ0) is 15.7. The molecule has 0 amide bonds. The van der Waals surface area contributed by atoms with E-state index in [0.717, 1.165) is 11.4 Å². The molecule has 0 unspecified atom stereocenters. The lowest BCUT2D eigenvalue weighted by Gasteiger charge is -2.32. The molecule has 1 fully saturated rings. The van der Waals surface area contributed by atoms with Gasteiger partial charge < -0.3 is 14.6 Å². The minimum Gasteiger partial charge on any atom is -0.400 e. The van der Waals surface area contributed by atoms with E-state index < -0.39 is 0 Å². The van der Waals surface area contributed by atoms with E-state index in [-0.39, 0.29) is 24.4 Å². The fraction of sp³-hybridized carbons (Fsp3) is 0.562. The van der Waals surface area contributed by atoms with Crippen molar-refractivity contribution in [1.82, 2.24) is 10.3 Å². The van der Waals surface area contributed by atoms with Crippen LogP contribution >= 0.6 is 0 Å². The lowest BCUT2D eigenvalue weighted by molar-refractivity contribution is 0.00578. The lowest BCUT2D eigenvalue weighted by Crippen LogP contribution is -2.41. The second kappa shape index (κ2) is 5.91. The SMILES string of the molecule is CN[C@H](C)c1cccc(/C=C/B2OC(C)(C)C(C)(C)O2)n1. The van der Waals surface area contributed by atoms with Crippen LogP contribution in [-0.2, 0) is 9.31 Å². The summed E-state index contributed by atoms with van der Waals surface area (Å²) in [6.07, 6.45) is 1.95. The van der Waals surface area contributed by atoms with Crippen LogP contribution in [-0.4, -0.2) is 30.4 Å². The quantitative estimate of drug-likeness (QED) is 0.865. The highest BCUT2D eigenvalue weighted by Gasteiger charge is 2.49. The molecule has 21 heavy (non-hydrogen) atoms. The van der Waals surface area contributed by atoms with Crippen molar-refractivity contribution in [3.8, 4) is 0 Å². The average molecular weight is 288 g/mol. The maximum absolute atomic E-state index is 5.94. The molecule has 1 saturated heterocycles. The van der Waals surface area contributed by atoms with Gasteiger partial charge in [0.1, 0.15) is 0 Å². The summed E-state index contributed by atoms with van der Waals surface area (Å²) in [5, 5.41) is 3.19. The molecule has 1 aliphatic rings. The van der Waals surface area contributed by atoms with Crippen LogP contribution in [0.15, 0.2) is 24.2 Å². The first-order chi connectivity index (χ1) is 9.75. The predicted molar refractivity (Wildman–Crippen MR) is 86.8 cm³/mol. The molecule has 1 aliphatic heterocycles. The molecule has 2 heterocycles. The summed E-state index contributed by atoms with van der Waals surface area (Å²) in [7, 11) is 1.60. The van der Waals surface area contributed by atoms with Crippen LogP contribution in [0.2, 0.25) is 0 Å². The van der Waals surface area contributed by atoms with E-state index in [1.165, 1.54) is 0 Å². The van der Waals surface area contributed by atoms with Crippen LogP contribution in [0.5, 0.6) is 0 Å². The third-order valence-electron chi connectivity index (χ3n) is 4.36. The third-order valence-corrected chi connectivity index (χ3v) is 4.36. The standard InChI is InChI=1S/C16H25BN2O2/c1-12(18-6)14-9-7-8-13(19-14)10-11-17-20-15(2,3)16(4,5)21-17/h7-12,18H,1-6H3/b11-10+/t12-/m1/s1. The highest BCUT2D eigenvalue weighted by Crippen LogP contribution is 2.36. The number of aromatic nitrogens is 1. The van der Waals surface area contributed by atoms with Crippen molar-refractivity contribution < 1.29 is 9.31 Å². The molecule has 1 aromatic heterocycles. The third kappa shape index (κ3) is 3.54. The molecule has 2 rings (SSSR count). The van der Waals surface area contributed by atoms with Crippen molar-refractivity contribution in [3.05, 3.63) is 35.6 Å². The van der Waals surface area contributed by atoms with Gasteiger partial charge in [-0.15, -0.1) is 0 Å². The van der Waals surface area contributed by atoms with E-state index in [2.05, 4.69) is 17.2 Å². The number of nitrogens with zero attached hydrogens (tertiary/aromatic N) is 1. The molecule has 5 heteroatoms. The molecule has 0 aliphatic carbocycles. The van der Waals surface area contributed by atoms with E-state index >= 15 is 0 Å². The zero-order valence-electron chi connectivity index (χ0n) is 13.8. The summed E-state index contributed by atoms with van der Waals surface area (Å²) in [4.78, 5) is 4.62. The Balaban J connectivity index is 2.09. The van der Waals surface area contributed by atoms with Gasteiger partial charge in [0.05, 0.1) is 22.6 Å². The van der Waals surface area contributed by atoms with Gasteiger partial charge in [0.25, 0.3) is 0 Å². The van der Waals surface area contributed by atoms with Gasteiger partial charge in [-0.2, -0.15) is 0 Å². The first-order valence-electron chi connectivity index (χ1n) is 7.43. The number of pyridine rings is 1. The summed E-state index contributed by atoms with van der Waals surface area (Å²) < 4.78 is 11.9. The van der Waals surface area contributed by atoms with Crippen LogP contribution in [0.4, 0.5) is 0 Å². The summed E-state index contributed by atoms with van der Waals surface area (Å²) >= 11 is 0. The van der Waals surface area contributed by atoms with Gasteiger partial charge in [-0.05, 0) is 59.9 Å². The van der Waals surface area contributed by atoms with Crippen molar-refractivity contribution in [2.45, 2.75) is 51.9 Å². The van der Waals surface area contributed by atoms with E-state index in [4.69, 9.17) is 9.31 Å². The Morgan fingerprint density at radius 3 is 2.38 bits per heavy atom. The van der Waals surface area contributed by atoms with Crippen LogP contribution < -0.4 is 5.32 Å². The minimum absolute atomic E-state index is 0.232. The molecule has 0 aromatic carbocycles. The van der Waals surface area contributed by atoms with E-state index in [9.17, 15) is 0 Å². The van der Waals surface area contributed by atoms with Crippen molar-refractivity contribution in [3.63, 3.8) is 0 Å². The van der Waals surface area contributed by atoms with E-state index in [0.29, 0.717) is 0 Å². The maximum atomic E-state index is 5.94. The highest BCUT2D eigenvalue weighted by atomic mass is 16.7. The van der Waals surface area contributed by atoms with Gasteiger partial charge in [0, 0.05) is 6.04 Å². The van der Waals surface area contributed by atoms with Crippen LogP contribution in [0.25, 0.3) is 6.08 Å². The van der Waals surface area contributed by atoms with E-state index in [1.54, 1.807) is 0 Å². The topological polar surface area (TPSA) is 43.4 Å². The summed E-state index contributed by atoms with van der Waals surface area (Å²) in [5.74, 6) is 1.92. The summed E-state index contributed by atoms with van der Waals surface area (Å²) in [6, 6.07) is 6.25. The van der Waals surface area contributed by atoms with Crippen molar-refractivity contribution in [2.75, 3.05) is 7.05 Å². The van der Waals surface area contributed by atoms with Gasteiger partial charge in [-0.3, -0.25) is 4.98 Å². The van der Waals surface area contributed by atoms with Crippen molar-refractivity contribution in [1.29, 1.82) is 0 Å². The Kier molecular flexibility index (Phi) is 4.56. The fourth-order valence-electron chi connectivity index (χ4n) is 2.10. The zero-order valence-corrected chi connectivity index (χ0v) is 13.8. The molecule has 114 valence electrons. The molecule has 1 N–H and O–H groups in total. The Labute approximate surface area is 128 Å². The Morgan fingerprint density at radius 1 is 1.19 bits per heavy atom. The first-order valence-corrected chi connectivity index (χ1v) is 7.43. The van der Waals surface area contributed by atoms with Gasteiger partial charge in [0.15, 0.2) is 0 Å². The monoisotopic (exact) mass is 288 g/mol. The summed E-state index contributed by atoms with van der Waals surface area (Å²) in [6.45, 7) is 10.3. The lowest BCUT2D eigenvalue weighted by atomic mass is 9.89.